The van der Waals surface area contributed by atoms with E-state index in [1.807, 2.05) is 24.3 Å². The maximum Gasteiger partial charge on any atom is 0.0935 e. The Hall–Kier alpha value is -0.580. The van der Waals surface area contributed by atoms with Crippen LogP contribution in [0.4, 0.5) is 0 Å². The summed E-state index contributed by atoms with van der Waals surface area (Å²) >= 11 is 6.80. The molecule has 0 aliphatic rings. The number of aliphatic hydroxyl groups excluding tert-OH is 1. The van der Waals surface area contributed by atoms with Gasteiger partial charge in [0.2, 0.25) is 0 Å². The molecule has 4 heteroatoms. The molecule has 84 valence electrons. The minimum atomic E-state index is -0.522. The quantitative estimate of drug-likeness (QED) is 0.909. The largest absolute Gasteiger partial charge is 0.472 e. The van der Waals surface area contributed by atoms with Gasteiger partial charge in [0.1, 0.15) is 0 Å². The smallest absolute Gasteiger partial charge is 0.0935 e. The summed E-state index contributed by atoms with van der Waals surface area (Å²) in [6, 6.07) is 7.62. The summed E-state index contributed by atoms with van der Waals surface area (Å²) in [7, 11) is 0. The van der Waals surface area contributed by atoms with Crippen molar-refractivity contribution in [3.8, 4) is 0 Å². The van der Waals surface area contributed by atoms with Crippen LogP contribution in [0.15, 0.2) is 50.2 Å². The van der Waals surface area contributed by atoms with E-state index in [1.165, 1.54) is 0 Å². The highest BCUT2D eigenvalue weighted by Gasteiger charge is 2.10. The van der Waals surface area contributed by atoms with Crippen LogP contribution >= 0.6 is 31.9 Å². The number of hydrogen-bond acceptors (Lipinski definition) is 2. The van der Waals surface area contributed by atoms with Crippen LogP contribution in [-0.2, 0) is 6.42 Å². The number of hydrogen-bond donors (Lipinski definition) is 1. The van der Waals surface area contributed by atoms with E-state index in [9.17, 15) is 5.11 Å². The van der Waals surface area contributed by atoms with Crippen LogP contribution in [0, 0.1) is 0 Å². The minimum absolute atomic E-state index is 0.522. The van der Waals surface area contributed by atoms with Gasteiger partial charge >= 0.3 is 0 Å². The first-order valence-corrected chi connectivity index (χ1v) is 6.39. The molecule has 2 nitrogen and oxygen atoms in total. The van der Waals surface area contributed by atoms with Gasteiger partial charge in [-0.3, -0.25) is 0 Å². The zero-order valence-corrected chi connectivity index (χ0v) is 11.5. The van der Waals surface area contributed by atoms with Crippen molar-refractivity contribution in [2.45, 2.75) is 12.5 Å². The number of benzene rings is 1. The highest BCUT2D eigenvalue weighted by atomic mass is 79.9. The van der Waals surface area contributed by atoms with Gasteiger partial charge in [-0.1, -0.05) is 31.9 Å². The Morgan fingerprint density at radius 2 is 1.88 bits per heavy atom. The molecular formula is C12H10Br2O2. The lowest BCUT2D eigenvalue weighted by Gasteiger charge is -2.10. The molecule has 1 atom stereocenters. The van der Waals surface area contributed by atoms with E-state index in [2.05, 4.69) is 31.9 Å². The second kappa shape index (κ2) is 5.17. The fraction of sp³-hybridized carbons (Fsp3) is 0.167. The molecule has 1 heterocycles. The maximum atomic E-state index is 10.1. The lowest BCUT2D eigenvalue weighted by molar-refractivity contribution is 0.178. The molecule has 0 bridgehead atoms. The van der Waals surface area contributed by atoms with Crippen molar-refractivity contribution in [1.29, 1.82) is 0 Å². The third-order valence-electron chi connectivity index (χ3n) is 2.28. The topological polar surface area (TPSA) is 33.4 Å². The molecule has 0 radical (unpaired) electrons. The summed E-state index contributed by atoms with van der Waals surface area (Å²) < 4.78 is 6.86. The van der Waals surface area contributed by atoms with Crippen molar-refractivity contribution in [3.63, 3.8) is 0 Å². The molecule has 0 saturated heterocycles. The highest BCUT2D eigenvalue weighted by Crippen LogP contribution is 2.26. The Kier molecular flexibility index (Phi) is 3.84. The molecule has 2 rings (SSSR count). The third-order valence-corrected chi connectivity index (χ3v) is 3.19. The van der Waals surface area contributed by atoms with Crippen molar-refractivity contribution in [2.75, 3.05) is 0 Å². The number of rotatable bonds is 3. The van der Waals surface area contributed by atoms with Gasteiger partial charge in [-0.15, -0.1) is 0 Å². The van der Waals surface area contributed by atoms with E-state index in [4.69, 9.17) is 4.42 Å². The van der Waals surface area contributed by atoms with Crippen molar-refractivity contribution in [2.24, 2.45) is 0 Å². The summed E-state index contributed by atoms with van der Waals surface area (Å²) in [5, 5.41) is 10.1. The Bertz CT molecular complexity index is 446. The van der Waals surface area contributed by atoms with Gasteiger partial charge in [-0.05, 0) is 35.4 Å². The van der Waals surface area contributed by atoms with Crippen molar-refractivity contribution in [1.82, 2.24) is 0 Å². The van der Waals surface area contributed by atoms with Gasteiger partial charge in [-0.25, -0.2) is 0 Å². The third kappa shape index (κ3) is 2.97. The summed E-state index contributed by atoms with van der Waals surface area (Å²) in [6.45, 7) is 0. The monoisotopic (exact) mass is 344 g/mol. The summed E-state index contributed by atoms with van der Waals surface area (Å²) in [5.74, 6) is 0. The van der Waals surface area contributed by atoms with Gasteiger partial charge in [0.05, 0.1) is 18.6 Å². The van der Waals surface area contributed by atoms with E-state index < -0.39 is 6.10 Å². The van der Waals surface area contributed by atoms with E-state index in [0.717, 1.165) is 20.1 Å². The van der Waals surface area contributed by atoms with Gasteiger partial charge < -0.3 is 9.52 Å². The molecule has 0 saturated carbocycles. The van der Waals surface area contributed by atoms with Crippen LogP contribution in [0.5, 0.6) is 0 Å². The summed E-state index contributed by atoms with van der Waals surface area (Å²) in [4.78, 5) is 0. The van der Waals surface area contributed by atoms with Gasteiger partial charge in [-0.2, -0.15) is 0 Å². The Balaban J connectivity index is 2.17. The van der Waals surface area contributed by atoms with Gasteiger partial charge in [0.25, 0.3) is 0 Å². The Morgan fingerprint density at radius 3 is 2.44 bits per heavy atom. The fourth-order valence-electron chi connectivity index (χ4n) is 1.52. The molecule has 1 aromatic heterocycles. The zero-order chi connectivity index (χ0) is 11.5. The van der Waals surface area contributed by atoms with Crippen LogP contribution in [-0.4, -0.2) is 5.11 Å². The summed E-state index contributed by atoms with van der Waals surface area (Å²) in [5.41, 5.74) is 1.87. The Morgan fingerprint density at radius 1 is 1.19 bits per heavy atom. The number of furan rings is 1. The number of halogens is 2. The molecule has 16 heavy (non-hydrogen) atoms. The van der Waals surface area contributed by atoms with Gasteiger partial charge in [0, 0.05) is 15.4 Å². The van der Waals surface area contributed by atoms with Crippen LogP contribution in [0.1, 0.15) is 17.2 Å². The second-order valence-electron chi connectivity index (χ2n) is 3.55. The lowest BCUT2D eigenvalue weighted by Crippen LogP contribution is -2.01. The molecule has 1 N–H and O–H groups in total. The van der Waals surface area contributed by atoms with Crippen LogP contribution in [0.2, 0.25) is 0 Å². The maximum absolute atomic E-state index is 10.1. The van der Waals surface area contributed by atoms with E-state index >= 15 is 0 Å². The van der Waals surface area contributed by atoms with Crippen molar-refractivity contribution < 1.29 is 9.52 Å². The molecule has 2 aromatic rings. The van der Waals surface area contributed by atoms with Crippen LogP contribution < -0.4 is 0 Å². The molecular weight excluding hydrogens is 336 g/mol. The molecule has 1 aromatic carbocycles. The Labute approximate surface area is 111 Å². The van der Waals surface area contributed by atoms with Gasteiger partial charge in [0.15, 0.2) is 0 Å². The first kappa shape index (κ1) is 11.9. The first-order valence-electron chi connectivity index (χ1n) is 4.80. The number of aliphatic hydroxyl groups is 1. The van der Waals surface area contributed by atoms with Crippen molar-refractivity contribution in [3.05, 3.63) is 56.9 Å². The molecule has 0 fully saturated rings. The molecule has 0 amide bonds. The minimum Gasteiger partial charge on any atom is -0.472 e. The normalized spacial score (nSPS) is 12.7. The van der Waals surface area contributed by atoms with Crippen LogP contribution in [0.3, 0.4) is 0 Å². The van der Waals surface area contributed by atoms with E-state index in [-0.39, 0.29) is 0 Å². The molecule has 1 unspecified atom stereocenters. The second-order valence-corrected chi connectivity index (χ2v) is 5.39. The molecule has 0 aliphatic heterocycles. The average molecular weight is 346 g/mol. The lowest BCUT2D eigenvalue weighted by atomic mass is 10.0. The van der Waals surface area contributed by atoms with Crippen molar-refractivity contribution >= 4 is 31.9 Å². The zero-order valence-electron chi connectivity index (χ0n) is 8.36. The predicted octanol–water partition coefficient (Wildman–Crippen LogP) is 4.08. The standard InChI is InChI=1S/C12H10Br2O2/c13-10-4-9(5-11(14)6-10)12(15)3-8-1-2-16-7-8/h1-2,4-7,12,15H,3H2. The highest BCUT2D eigenvalue weighted by molar-refractivity contribution is 9.11. The first-order chi connectivity index (χ1) is 7.65. The van der Waals surface area contributed by atoms with Crippen LogP contribution in [0.25, 0.3) is 0 Å². The predicted molar refractivity (Wildman–Crippen MR) is 69.2 cm³/mol. The SMILES string of the molecule is OC(Cc1ccoc1)c1cc(Br)cc(Br)c1. The molecule has 0 spiro atoms. The fourth-order valence-corrected chi connectivity index (χ4v) is 2.85. The molecule has 0 aliphatic carbocycles. The summed E-state index contributed by atoms with van der Waals surface area (Å²) in [6.07, 6.45) is 3.29. The van der Waals surface area contributed by atoms with E-state index in [1.54, 1.807) is 12.5 Å². The average Bonchev–Trinajstić information content (AvgIpc) is 2.68. The van der Waals surface area contributed by atoms with E-state index in [0.29, 0.717) is 6.42 Å².